The van der Waals surface area contributed by atoms with Crippen molar-refractivity contribution in [3.63, 3.8) is 0 Å². The van der Waals surface area contributed by atoms with Crippen LogP contribution in [0.4, 0.5) is 5.82 Å². The van der Waals surface area contributed by atoms with E-state index in [9.17, 15) is 0 Å². The van der Waals surface area contributed by atoms with Crippen molar-refractivity contribution in [2.24, 2.45) is 5.92 Å². The van der Waals surface area contributed by atoms with E-state index in [0.29, 0.717) is 0 Å². The number of nitrogens with zero attached hydrogens (tertiary/aromatic N) is 5. The highest BCUT2D eigenvalue weighted by Gasteiger charge is 2.24. The Balaban J connectivity index is 1.39. The molecule has 5 nitrogen and oxygen atoms in total. The van der Waals surface area contributed by atoms with Gasteiger partial charge in [-0.3, -0.25) is 4.90 Å². The summed E-state index contributed by atoms with van der Waals surface area (Å²) in [5.41, 5.74) is 1.09. The summed E-state index contributed by atoms with van der Waals surface area (Å²) >= 11 is 1.76. The molecule has 0 aliphatic carbocycles. The van der Waals surface area contributed by atoms with Gasteiger partial charge in [-0.25, -0.2) is 9.97 Å². The Morgan fingerprint density at radius 2 is 2.00 bits per heavy atom. The highest BCUT2D eigenvalue weighted by Crippen LogP contribution is 2.29. The third kappa shape index (κ3) is 3.41. The van der Waals surface area contributed by atoms with Gasteiger partial charge in [-0.15, -0.1) is 11.3 Å². The minimum atomic E-state index is 0.848. The monoisotopic (exact) mass is 345 g/mol. The van der Waals surface area contributed by atoms with E-state index in [1.807, 2.05) is 6.92 Å². The molecule has 4 rings (SSSR count). The van der Waals surface area contributed by atoms with Gasteiger partial charge in [0.05, 0.1) is 10.2 Å². The number of piperidine rings is 1. The number of hydrogen-bond acceptors (Lipinski definition) is 6. The van der Waals surface area contributed by atoms with Crippen molar-refractivity contribution in [3.8, 4) is 0 Å². The summed E-state index contributed by atoms with van der Waals surface area (Å²) in [7, 11) is 2.26. The van der Waals surface area contributed by atoms with Gasteiger partial charge < -0.3 is 9.80 Å². The van der Waals surface area contributed by atoms with E-state index < -0.39 is 0 Å². The first kappa shape index (κ1) is 16.2. The van der Waals surface area contributed by atoms with E-state index in [4.69, 9.17) is 4.98 Å². The van der Waals surface area contributed by atoms with Gasteiger partial charge in [0.25, 0.3) is 0 Å². The molecule has 0 spiro atoms. The van der Waals surface area contributed by atoms with Crippen LogP contribution in [0.1, 0.15) is 18.7 Å². The molecule has 0 amide bonds. The quantitative estimate of drug-likeness (QED) is 0.854. The van der Waals surface area contributed by atoms with Crippen molar-refractivity contribution in [2.75, 3.05) is 57.8 Å². The summed E-state index contributed by atoms with van der Waals surface area (Å²) in [6.45, 7) is 10.2. The van der Waals surface area contributed by atoms with Crippen LogP contribution in [0.3, 0.4) is 0 Å². The van der Waals surface area contributed by atoms with Crippen LogP contribution in [0.15, 0.2) is 11.4 Å². The lowest BCUT2D eigenvalue weighted by atomic mass is 9.97. The third-order valence-corrected chi connectivity index (χ3v) is 6.21. The van der Waals surface area contributed by atoms with Crippen LogP contribution in [-0.4, -0.2) is 72.6 Å². The van der Waals surface area contributed by atoms with E-state index in [-0.39, 0.29) is 0 Å². The van der Waals surface area contributed by atoms with Crippen molar-refractivity contribution in [1.82, 2.24) is 19.8 Å². The standard InChI is InChI=1S/C18H27N5S/c1-14-19-16-5-11-24-17(16)18(20-14)23-9-7-22(8-10-23)13-15-4-3-6-21(2)12-15/h5,11,15H,3-4,6-10,12-13H2,1-2H3. The number of rotatable bonds is 3. The molecule has 130 valence electrons. The van der Waals surface area contributed by atoms with Gasteiger partial charge >= 0.3 is 0 Å². The maximum Gasteiger partial charge on any atom is 0.150 e. The molecule has 0 radical (unpaired) electrons. The predicted molar refractivity (Wildman–Crippen MR) is 101 cm³/mol. The lowest BCUT2D eigenvalue weighted by Crippen LogP contribution is -2.49. The lowest BCUT2D eigenvalue weighted by molar-refractivity contribution is 0.147. The van der Waals surface area contributed by atoms with E-state index in [2.05, 4.69) is 38.2 Å². The largest absolute Gasteiger partial charge is 0.353 e. The number of thiophene rings is 1. The molecule has 4 heterocycles. The number of likely N-dealkylation sites (tertiary alicyclic amines) is 1. The molecule has 0 N–H and O–H groups in total. The van der Waals surface area contributed by atoms with Gasteiger partial charge in [0.2, 0.25) is 0 Å². The molecule has 2 saturated heterocycles. The van der Waals surface area contributed by atoms with Gasteiger partial charge in [0.1, 0.15) is 11.6 Å². The second-order valence-corrected chi connectivity index (χ2v) is 8.20. The molecule has 2 fully saturated rings. The zero-order chi connectivity index (χ0) is 16.5. The molecule has 2 aliphatic rings. The Hall–Kier alpha value is -1.24. The maximum atomic E-state index is 4.75. The summed E-state index contributed by atoms with van der Waals surface area (Å²) < 4.78 is 1.24. The normalized spacial score (nSPS) is 23.9. The summed E-state index contributed by atoms with van der Waals surface area (Å²) in [5.74, 6) is 2.87. The first-order valence-electron chi connectivity index (χ1n) is 9.07. The van der Waals surface area contributed by atoms with E-state index >= 15 is 0 Å². The molecule has 6 heteroatoms. The maximum absolute atomic E-state index is 4.75. The Kier molecular flexibility index (Phi) is 4.70. The van der Waals surface area contributed by atoms with Crippen molar-refractivity contribution in [3.05, 3.63) is 17.3 Å². The first-order chi connectivity index (χ1) is 11.7. The Bertz CT molecular complexity index is 692. The average molecular weight is 346 g/mol. The Morgan fingerprint density at radius 3 is 2.79 bits per heavy atom. The number of aryl methyl sites for hydroxylation is 1. The summed E-state index contributed by atoms with van der Waals surface area (Å²) in [6.07, 6.45) is 2.75. The number of fused-ring (bicyclic) bond motifs is 1. The highest BCUT2D eigenvalue weighted by molar-refractivity contribution is 7.17. The molecular formula is C18H27N5S. The molecule has 24 heavy (non-hydrogen) atoms. The lowest BCUT2D eigenvalue weighted by Gasteiger charge is -2.39. The van der Waals surface area contributed by atoms with Crippen LogP contribution in [-0.2, 0) is 0 Å². The van der Waals surface area contributed by atoms with Gasteiger partial charge in [0, 0.05) is 39.3 Å². The second-order valence-electron chi connectivity index (χ2n) is 7.29. The van der Waals surface area contributed by atoms with Crippen LogP contribution < -0.4 is 4.90 Å². The molecule has 1 unspecified atom stereocenters. The van der Waals surface area contributed by atoms with Gasteiger partial charge in [-0.1, -0.05) is 0 Å². The van der Waals surface area contributed by atoms with E-state index in [0.717, 1.165) is 49.3 Å². The SMILES string of the molecule is Cc1nc(N2CCN(CC3CCCN(C)C3)CC2)c2sccc2n1. The number of piperazine rings is 1. The smallest absolute Gasteiger partial charge is 0.150 e. The fourth-order valence-corrected chi connectivity index (χ4v) is 4.95. The molecule has 2 aliphatic heterocycles. The van der Waals surface area contributed by atoms with Crippen LogP contribution in [0, 0.1) is 12.8 Å². The fourth-order valence-electron chi connectivity index (χ4n) is 4.11. The van der Waals surface area contributed by atoms with Crippen molar-refractivity contribution in [2.45, 2.75) is 19.8 Å². The van der Waals surface area contributed by atoms with Crippen molar-refractivity contribution < 1.29 is 0 Å². The topological polar surface area (TPSA) is 35.5 Å². The van der Waals surface area contributed by atoms with Crippen LogP contribution >= 0.6 is 11.3 Å². The van der Waals surface area contributed by atoms with E-state index in [1.54, 1.807) is 11.3 Å². The fraction of sp³-hybridized carbons (Fsp3) is 0.667. The molecule has 2 aromatic heterocycles. The summed E-state index contributed by atoms with van der Waals surface area (Å²) in [4.78, 5) is 16.9. The molecule has 0 bridgehead atoms. The predicted octanol–water partition coefficient (Wildman–Crippen LogP) is 2.46. The number of anilines is 1. The molecule has 0 aromatic carbocycles. The highest BCUT2D eigenvalue weighted by atomic mass is 32.1. The van der Waals surface area contributed by atoms with Crippen molar-refractivity contribution in [1.29, 1.82) is 0 Å². The Morgan fingerprint density at radius 1 is 1.17 bits per heavy atom. The average Bonchev–Trinajstić information content (AvgIpc) is 3.03. The number of hydrogen-bond donors (Lipinski definition) is 0. The van der Waals surface area contributed by atoms with E-state index in [1.165, 1.54) is 37.2 Å². The van der Waals surface area contributed by atoms with Crippen molar-refractivity contribution >= 4 is 27.4 Å². The molecule has 2 aromatic rings. The van der Waals surface area contributed by atoms with Crippen LogP contribution in [0.5, 0.6) is 0 Å². The van der Waals surface area contributed by atoms with Gasteiger partial charge in [0.15, 0.2) is 0 Å². The van der Waals surface area contributed by atoms with Gasteiger partial charge in [-0.05, 0) is 50.7 Å². The van der Waals surface area contributed by atoms with Gasteiger partial charge in [-0.2, -0.15) is 0 Å². The first-order valence-corrected chi connectivity index (χ1v) is 9.95. The zero-order valence-electron chi connectivity index (χ0n) is 14.7. The third-order valence-electron chi connectivity index (χ3n) is 5.31. The molecule has 1 atom stereocenters. The zero-order valence-corrected chi connectivity index (χ0v) is 15.6. The van der Waals surface area contributed by atoms with Crippen LogP contribution in [0.2, 0.25) is 0 Å². The molecule has 0 saturated carbocycles. The summed E-state index contributed by atoms with van der Waals surface area (Å²) in [5, 5.41) is 2.12. The molecular weight excluding hydrogens is 318 g/mol. The second kappa shape index (κ2) is 6.94. The minimum absolute atomic E-state index is 0.848. The Labute approximate surface area is 148 Å². The minimum Gasteiger partial charge on any atom is -0.353 e. The number of aromatic nitrogens is 2. The summed E-state index contributed by atoms with van der Waals surface area (Å²) in [6, 6.07) is 2.11. The van der Waals surface area contributed by atoms with Crippen LogP contribution in [0.25, 0.3) is 10.2 Å².